The number of carbonyl (C=O) groups excluding carboxylic acids is 1. The zero-order valence-electron chi connectivity index (χ0n) is 8.72. The summed E-state index contributed by atoms with van der Waals surface area (Å²) in [5, 5.41) is 0. The predicted molar refractivity (Wildman–Crippen MR) is 57.3 cm³/mol. The number of anilines is 1. The minimum atomic E-state index is 0.303. The van der Waals surface area contributed by atoms with E-state index in [1.807, 2.05) is 6.07 Å². The summed E-state index contributed by atoms with van der Waals surface area (Å²) >= 11 is 0. The van der Waals surface area contributed by atoms with Crippen molar-refractivity contribution in [1.29, 1.82) is 0 Å². The van der Waals surface area contributed by atoms with E-state index in [0.717, 1.165) is 31.6 Å². The molecular weight excluding hydrogens is 192 g/mol. The molecule has 0 N–H and O–H groups in total. The fourth-order valence-electron chi connectivity index (χ4n) is 1.78. The van der Waals surface area contributed by atoms with Crippen molar-refractivity contribution in [2.75, 3.05) is 25.1 Å². The maximum atomic E-state index is 10.5. The van der Waals surface area contributed by atoms with Gasteiger partial charge >= 0.3 is 0 Å². The van der Waals surface area contributed by atoms with Gasteiger partial charge in [0.05, 0.1) is 6.10 Å². The molecule has 4 heteroatoms. The van der Waals surface area contributed by atoms with Gasteiger partial charge in [-0.25, -0.2) is 4.98 Å². The van der Waals surface area contributed by atoms with Crippen LogP contribution in [0, 0.1) is 0 Å². The van der Waals surface area contributed by atoms with Crippen LogP contribution in [0.1, 0.15) is 16.8 Å². The highest BCUT2D eigenvalue weighted by Crippen LogP contribution is 2.19. The molecule has 15 heavy (non-hydrogen) atoms. The van der Waals surface area contributed by atoms with Crippen molar-refractivity contribution in [1.82, 2.24) is 4.98 Å². The highest BCUT2D eigenvalue weighted by Gasteiger charge is 2.22. The number of carbonyl (C=O) groups is 1. The van der Waals surface area contributed by atoms with E-state index < -0.39 is 0 Å². The van der Waals surface area contributed by atoms with Gasteiger partial charge in [-0.3, -0.25) is 4.79 Å². The first-order chi connectivity index (χ1) is 7.33. The smallest absolute Gasteiger partial charge is 0.151 e. The molecule has 2 heterocycles. The van der Waals surface area contributed by atoms with Crippen LogP contribution in [-0.2, 0) is 4.74 Å². The minimum Gasteiger partial charge on any atom is -0.380 e. The molecule has 0 spiro atoms. The summed E-state index contributed by atoms with van der Waals surface area (Å²) in [6, 6.07) is 3.66. The van der Waals surface area contributed by atoms with E-state index in [2.05, 4.69) is 9.88 Å². The Morgan fingerprint density at radius 3 is 3.00 bits per heavy atom. The Labute approximate surface area is 88.9 Å². The molecule has 1 aromatic heterocycles. The third-order valence-electron chi connectivity index (χ3n) is 2.71. The lowest BCUT2D eigenvalue weighted by molar-refractivity contribution is 0.112. The predicted octanol–water partition coefficient (Wildman–Crippen LogP) is 1.12. The van der Waals surface area contributed by atoms with E-state index in [-0.39, 0.29) is 0 Å². The monoisotopic (exact) mass is 206 g/mol. The average molecular weight is 206 g/mol. The van der Waals surface area contributed by atoms with E-state index in [0.29, 0.717) is 11.7 Å². The zero-order valence-corrected chi connectivity index (χ0v) is 8.72. The molecule has 2 rings (SSSR count). The van der Waals surface area contributed by atoms with Crippen LogP contribution in [0.5, 0.6) is 0 Å². The average Bonchev–Trinajstić information content (AvgIpc) is 2.78. The highest BCUT2D eigenvalue weighted by atomic mass is 16.5. The van der Waals surface area contributed by atoms with Crippen molar-refractivity contribution in [3.63, 3.8) is 0 Å². The number of nitrogens with zero attached hydrogens (tertiary/aromatic N) is 2. The molecule has 0 aliphatic carbocycles. The molecule has 1 unspecified atom stereocenters. The molecule has 1 aromatic rings. The molecular formula is C11H14N2O2. The first-order valence-electron chi connectivity index (χ1n) is 5.02. The number of ether oxygens (including phenoxy) is 1. The maximum Gasteiger partial charge on any atom is 0.151 e. The topological polar surface area (TPSA) is 42.4 Å². The fraction of sp³-hybridized carbons (Fsp3) is 0.455. The first-order valence-corrected chi connectivity index (χ1v) is 5.02. The fourth-order valence-corrected chi connectivity index (χ4v) is 1.78. The second-order valence-corrected chi connectivity index (χ2v) is 3.66. The van der Waals surface area contributed by atoms with Crippen molar-refractivity contribution >= 4 is 12.1 Å². The molecule has 0 saturated carbocycles. The molecule has 0 aromatic carbocycles. The van der Waals surface area contributed by atoms with E-state index in [1.165, 1.54) is 0 Å². The van der Waals surface area contributed by atoms with Crippen molar-refractivity contribution in [3.05, 3.63) is 23.9 Å². The summed E-state index contributed by atoms with van der Waals surface area (Å²) in [7, 11) is 1.73. The summed E-state index contributed by atoms with van der Waals surface area (Å²) < 4.78 is 5.28. The van der Waals surface area contributed by atoms with E-state index in [4.69, 9.17) is 4.74 Å². The number of aldehydes is 1. The molecule has 0 bridgehead atoms. The van der Waals surface area contributed by atoms with Gasteiger partial charge in [-0.15, -0.1) is 0 Å². The van der Waals surface area contributed by atoms with E-state index in [9.17, 15) is 4.79 Å². The van der Waals surface area contributed by atoms with Crippen LogP contribution in [0.15, 0.2) is 18.3 Å². The first kappa shape index (κ1) is 10.1. The largest absolute Gasteiger partial charge is 0.380 e. The quantitative estimate of drug-likeness (QED) is 0.695. The molecule has 4 nitrogen and oxygen atoms in total. The van der Waals surface area contributed by atoms with Gasteiger partial charge in [-0.1, -0.05) is 0 Å². The number of rotatable bonds is 3. The van der Waals surface area contributed by atoms with Crippen molar-refractivity contribution in [2.45, 2.75) is 12.5 Å². The van der Waals surface area contributed by atoms with Gasteiger partial charge in [0.25, 0.3) is 0 Å². The Morgan fingerprint density at radius 1 is 1.60 bits per heavy atom. The summed E-state index contributed by atoms with van der Waals surface area (Å²) in [5.41, 5.74) is 0.612. The van der Waals surface area contributed by atoms with Crippen LogP contribution in [-0.4, -0.2) is 37.6 Å². The number of hydrogen-bond acceptors (Lipinski definition) is 4. The Hall–Kier alpha value is -1.42. The molecule has 1 fully saturated rings. The van der Waals surface area contributed by atoms with Crippen LogP contribution in [0.3, 0.4) is 0 Å². The maximum absolute atomic E-state index is 10.5. The van der Waals surface area contributed by atoms with Gasteiger partial charge < -0.3 is 9.64 Å². The molecule has 0 amide bonds. The third kappa shape index (κ3) is 2.15. The highest BCUT2D eigenvalue weighted by molar-refractivity contribution is 5.74. The van der Waals surface area contributed by atoms with Crippen LogP contribution in [0.25, 0.3) is 0 Å². The minimum absolute atomic E-state index is 0.303. The lowest BCUT2D eigenvalue weighted by atomic mass is 10.3. The van der Waals surface area contributed by atoms with Gasteiger partial charge in [-0.05, 0) is 18.6 Å². The van der Waals surface area contributed by atoms with Crippen molar-refractivity contribution < 1.29 is 9.53 Å². The summed E-state index contributed by atoms with van der Waals surface area (Å²) in [5.74, 6) is 0.917. The molecule has 80 valence electrons. The molecule has 1 saturated heterocycles. The van der Waals surface area contributed by atoms with Gasteiger partial charge in [0.2, 0.25) is 0 Å². The molecule has 0 radical (unpaired) electrons. The van der Waals surface area contributed by atoms with Crippen molar-refractivity contribution in [3.8, 4) is 0 Å². The van der Waals surface area contributed by atoms with Crippen LogP contribution in [0.4, 0.5) is 5.82 Å². The molecule has 1 aliphatic rings. The summed E-state index contributed by atoms with van der Waals surface area (Å²) in [6.07, 6.45) is 3.74. The molecule has 1 aliphatic heterocycles. The number of hydrogen-bond donors (Lipinski definition) is 0. The Kier molecular flexibility index (Phi) is 2.97. The van der Waals surface area contributed by atoms with Gasteiger partial charge in [0.1, 0.15) is 5.82 Å². The summed E-state index contributed by atoms with van der Waals surface area (Å²) in [4.78, 5) is 16.9. The lowest BCUT2D eigenvalue weighted by Gasteiger charge is -2.16. The zero-order chi connectivity index (χ0) is 10.7. The Balaban J connectivity index is 2.07. The second kappa shape index (κ2) is 4.40. The van der Waals surface area contributed by atoms with Gasteiger partial charge in [0, 0.05) is 32.0 Å². The molecule has 1 atom stereocenters. The van der Waals surface area contributed by atoms with Gasteiger partial charge in [-0.2, -0.15) is 0 Å². The number of aromatic nitrogens is 1. The Morgan fingerprint density at radius 2 is 2.47 bits per heavy atom. The third-order valence-corrected chi connectivity index (χ3v) is 2.71. The normalized spacial score (nSPS) is 20.6. The Bertz CT molecular complexity index is 337. The van der Waals surface area contributed by atoms with E-state index in [1.54, 1.807) is 19.4 Å². The van der Waals surface area contributed by atoms with Gasteiger partial charge in [0.15, 0.2) is 6.29 Å². The van der Waals surface area contributed by atoms with E-state index >= 15 is 0 Å². The van der Waals surface area contributed by atoms with Crippen LogP contribution >= 0.6 is 0 Å². The SMILES string of the molecule is COC1CCN(c2ccc(C=O)cn2)C1. The standard InChI is InChI=1S/C11H14N2O2/c1-15-10-4-5-13(7-10)11-3-2-9(8-14)6-12-11/h2-3,6,8,10H,4-5,7H2,1H3. The van der Waals surface area contributed by atoms with Crippen LogP contribution < -0.4 is 4.90 Å². The number of methoxy groups -OCH3 is 1. The van der Waals surface area contributed by atoms with Crippen molar-refractivity contribution in [2.24, 2.45) is 0 Å². The summed E-state index contributed by atoms with van der Waals surface area (Å²) in [6.45, 7) is 1.84. The van der Waals surface area contributed by atoms with Crippen LogP contribution in [0.2, 0.25) is 0 Å². The number of pyridine rings is 1. The second-order valence-electron chi connectivity index (χ2n) is 3.66. The lowest BCUT2D eigenvalue weighted by Crippen LogP contribution is -2.22.